The van der Waals surface area contributed by atoms with Crippen molar-refractivity contribution in [2.45, 2.75) is 25.2 Å². The molecular formula is C25H32N5O5S+. The summed E-state index contributed by atoms with van der Waals surface area (Å²) in [6.45, 7) is 9.91. The minimum absolute atomic E-state index is 0.0196. The minimum Gasteiger partial charge on any atom is -0.356 e. The molecule has 4 amide bonds. The molecule has 10 nitrogen and oxygen atoms in total. The van der Waals surface area contributed by atoms with Gasteiger partial charge in [-0.3, -0.25) is 19.4 Å². The molecule has 3 aliphatic heterocycles. The number of allylic oxidation sites excluding steroid dienone is 2. The Morgan fingerprint density at radius 1 is 1.17 bits per heavy atom. The summed E-state index contributed by atoms with van der Waals surface area (Å²) in [7, 11) is -3.52. The molecule has 3 heterocycles. The molecule has 0 bridgehead atoms. The quantitative estimate of drug-likeness (QED) is 0.572. The van der Waals surface area contributed by atoms with Gasteiger partial charge in [0.05, 0.1) is 11.8 Å². The summed E-state index contributed by atoms with van der Waals surface area (Å²) in [4.78, 5) is 48.6. The Morgan fingerprint density at radius 3 is 2.42 bits per heavy atom. The second-order valence-electron chi connectivity index (χ2n) is 9.37. The summed E-state index contributed by atoms with van der Waals surface area (Å²) in [5, 5.41) is 0. The number of imide groups is 1. The molecule has 4 rings (SSSR count). The van der Waals surface area contributed by atoms with Crippen LogP contribution in [0.3, 0.4) is 0 Å². The summed E-state index contributed by atoms with van der Waals surface area (Å²) < 4.78 is 23.2. The Balaban J connectivity index is 1.52. The Hall–Kier alpha value is -3.47. The van der Waals surface area contributed by atoms with E-state index in [1.165, 1.54) is 24.0 Å². The van der Waals surface area contributed by atoms with Crippen LogP contribution >= 0.6 is 0 Å². The van der Waals surface area contributed by atoms with E-state index in [0.717, 1.165) is 29.0 Å². The molecule has 2 unspecified atom stereocenters. The first-order valence-corrected chi connectivity index (χ1v) is 13.8. The molecule has 36 heavy (non-hydrogen) atoms. The number of aliphatic imine (C=N–C) groups is 1. The molecular weight excluding hydrogens is 482 g/mol. The second kappa shape index (κ2) is 9.88. The van der Waals surface area contributed by atoms with Gasteiger partial charge in [0.2, 0.25) is 5.91 Å². The molecule has 1 aromatic carbocycles. The molecule has 2 saturated heterocycles. The van der Waals surface area contributed by atoms with Crippen molar-refractivity contribution in [3.05, 3.63) is 48.2 Å². The SMILES string of the molecule is C=CC1=CN=C(N2CCN(C(=O)c3ccc(N4CCN(C(C)=O)C4=O)cc3S(C)(=O)=[OH+])CC2)C(C)C1. The van der Waals surface area contributed by atoms with E-state index in [0.29, 0.717) is 31.9 Å². The van der Waals surface area contributed by atoms with Crippen LogP contribution in [-0.2, 0) is 14.6 Å². The Bertz CT molecular complexity index is 1280. The van der Waals surface area contributed by atoms with Crippen molar-refractivity contribution in [2.24, 2.45) is 10.9 Å². The molecule has 1 N–H and O–H groups in total. The van der Waals surface area contributed by atoms with Crippen LogP contribution in [0.5, 0.6) is 0 Å². The molecule has 192 valence electrons. The molecule has 0 saturated carbocycles. The highest BCUT2D eigenvalue weighted by molar-refractivity contribution is 7.90. The number of nitrogens with zero attached hydrogens (tertiary/aromatic N) is 5. The van der Waals surface area contributed by atoms with Gasteiger partial charge in [-0.1, -0.05) is 19.6 Å². The average Bonchev–Trinajstić information content (AvgIpc) is 3.24. The van der Waals surface area contributed by atoms with Gasteiger partial charge in [-0.05, 0) is 30.2 Å². The number of hydrogen-bond donors (Lipinski definition) is 0. The summed E-state index contributed by atoms with van der Waals surface area (Å²) in [5.74, 6) is 0.571. The van der Waals surface area contributed by atoms with Crippen LogP contribution in [-0.4, -0.2) is 92.3 Å². The number of amides is 4. The number of amidine groups is 1. The molecule has 1 aromatic rings. The third-order valence-corrected chi connectivity index (χ3v) is 7.96. The van der Waals surface area contributed by atoms with Gasteiger partial charge in [0.15, 0.2) is 0 Å². The number of hydrogen-bond acceptors (Lipinski definition) is 6. The van der Waals surface area contributed by atoms with Crippen LogP contribution in [0.25, 0.3) is 0 Å². The van der Waals surface area contributed by atoms with Gasteiger partial charge in [-0.15, -0.1) is 0 Å². The van der Waals surface area contributed by atoms with Gasteiger partial charge < -0.3 is 9.80 Å². The van der Waals surface area contributed by atoms with E-state index in [4.69, 9.17) is 0 Å². The van der Waals surface area contributed by atoms with Crippen molar-refractivity contribution in [2.75, 3.05) is 50.4 Å². The number of anilines is 1. The lowest BCUT2D eigenvalue weighted by Crippen LogP contribution is -2.52. The largest absolute Gasteiger partial charge is 0.356 e. The van der Waals surface area contributed by atoms with Gasteiger partial charge in [0, 0.05) is 64.0 Å². The fourth-order valence-electron chi connectivity index (χ4n) is 4.85. The maximum absolute atomic E-state index is 13.4. The fourth-order valence-corrected chi connectivity index (χ4v) is 5.75. The van der Waals surface area contributed by atoms with Gasteiger partial charge >= 0.3 is 15.9 Å². The van der Waals surface area contributed by atoms with Crippen molar-refractivity contribution < 1.29 is 22.8 Å². The predicted octanol–water partition coefficient (Wildman–Crippen LogP) is 2.30. The van der Waals surface area contributed by atoms with Crippen molar-refractivity contribution in [1.82, 2.24) is 14.7 Å². The van der Waals surface area contributed by atoms with E-state index in [2.05, 4.69) is 23.4 Å². The van der Waals surface area contributed by atoms with Crippen LogP contribution in [0.4, 0.5) is 10.5 Å². The van der Waals surface area contributed by atoms with Crippen LogP contribution in [0.1, 0.15) is 30.6 Å². The van der Waals surface area contributed by atoms with Gasteiger partial charge in [0.1, 0.15) is 10.7 Å². The molecule has 2 atom stereocenters. The summed E-state index contributed by atoms with van der Waals surface area (Å²) in [6.07, 6.45) is 5.69. The molecule has 0 aliphatic carbocycles. The van der Waals surface area contributed by atoms with Crippen LogP contribution in [0.15, 0.2) is 52.5 Å². The second-order valence-corrected chi connectivity index (χ2v) is 11.4. The Morgan fingerprint density at radius 2 is 1.86 bits per heavy atom. The summed E-state index contributed by atoms with van der Waals surface area (Å²) >= 11 is 0. The minimum atomic E-state index is -3.52. The number of carbonyl (C=O) groups is 3. The first kappa shape index (κ1) is 25.6. The normalized spacial score (nSPS) is 22.2. The molecule has 0 radical (unpaired) electrons. The van der Waals surface area contributed by atoms with E-state index in [-0.39, 0.29) is 41.3 Å². The average molecular weight is 515 g/mol. The maximum atomic E-state index is 13.4. The standard InChI is InChI=1S/C25H31N5O5S/c1-5-19-14-17(2)23(26-16-19)27-8-10-28(11-9-27)24(32)21-7-6-20(15-22(21)36(4,34)35)30-13-12-29(18(3)31)25(30)33/h5-7,15-17H,1,8-14H2,2-4H3/p+1. The molecule has 11 heteroatoms. The van der Waals surface area contributed by atoms with Crippen LogP contribution in [0.2, 0.25) is 0 Å². The monoisotopic (exact) mass is 514 g/mol. The first-order chi connectivity index (χ1) is 17.0. The van der Waals surface area contributed by atoms with E-state index in [9.17, 15) is 22.8 Å². The van der Waals surface area contributed by atoms with Crippen molar-refractivity contribution in [3.8, 4) is 0 Å². The van der Waals surface area contributed by atoms with E-state index in [1.807, 2.05) is 12.3 Å². The zero-order valence-corrected chi connectivity index (χ0v) is 21.7. The Labute approximate surface area is 211 Å². The maximum Gasteiger partial charge on any atom is 0.331 e. The highest BCUT2D eigenvalue weighted by atomic mass is 32.2. The van der Waals surface area contributed by atoms with Crippen molar-refractivity contribution in [1.29, 1.82) is 0 Å². The molecule has 0 aromatic heterocycles. The molecule has 0 spiro atoms. The van der Waals surface area contributed by atoms with Crippen LogP contribution < -0.4 is 4.90 Å². The molecule has 2 fully saturated rings. The van der Waals surface area contributed by atoms with E-state index in [1.54, 1.807) is 11.0 Å². The van der Waals surface area contributed by atoms with Crippen LogP contribution in [0, 0.1) is 5.92 Å². The third-order valence-electron chi connectivity index (χ3n) is 6.80. The Kier molecular flexibility index (Phi) is 7.03. The number of rotatable bonds is 4. The topological polar surface area (TPSA) is 115 Å². The van der Waals surface area contributed by atoms with E-state index >= 15 is 0 Å². The van der Waals surface area contributed by atoms with E-state index < -0.39 is 15.9 Å². The lowest BCUT2D eigenvalue weighted by molar-refractivity contribution is -0.125. The number of carbonyl (C=O) groups excluding carboxylic acids is 3. The number of piperazine rings is 1. The zero-order valence-electron chi connectivity index (χ0n) is 20.8. The van der Waals surface area contributed by atoms with Crippen molar-refractivity contribution in [3.63, 3.8) is 0 Å². The fraction of sp³-hybridized carbons (Fsp3) is 0.440. The smallest absolute Gasteiger partial charge is 0.331 e. The summed E-state index contributed by atoms with van der Waals surface area (Å²) in [5.41, 5.74) is 1.62. The highest BCUT2D eigenvalue weighted by Gasteiger charge is 2.35. The zero-order chi connectivity index (χ0) is 26.2. The number of urea groups is 1. The first-order valence-electron chi connectivity index (χ1n) is 11.9. The lowest BCUT2D eigenvalue weighted by atomic mass is 9.97. The van der Waals surface area contributed by atoms with Gasteiger partial charge in [-0.2, -0.15) is 4.21 Å². The number of benzene rings is 1. The molecule has 3 aliphatic rings. The predicted molar refractivity (Wildman–Crippen MR) is 138 cm³/mol. The summed E-state index contributed by atoms with van der Waals surface area (Å²) in [6, 6.07) is 4.01. The van der Waals surface area contributed by atoms with Crippen molar-refractivity contribution >= 4 is 39.2 Å². The third kappa shape index (κ3) is 4.92. The van der Waals surface area contributed by atoms with Gasteiger partial charge in [-0.25, -0.2) is 14.0 Å². The lowest BCUT2D eigenvalue weighted by Gasteiger charge is -2.39. The highest BCUT2D eigenvalue weighted by Crippen LogP contribution is 2.28. The van der Waals surface area contributed by atoms with Gasteiger partial charge in [0.25, 0.3) is 5.91 Å².